The van der Waals surface area contributed by atoms with Crippen LogP contribution in [0.25, 0.3) is 11.1 Å². The Morgan fingerprint density at radius 2 is 1.31 bits per heavy atom. The first-order valence-corrected chi connectivity index (χ1v) is 8.99. The third-order valence-corrected chi connectivity index (χ3v) is 5.10. The van der Waals surface area contributed by atoms with Gasteiger partial charge in [0.25, 0.3) is 0 Å². The highest BCUT2D eigenvalue weighted by atomic mass is 127. The minimum atomic E-state index is -7.17. The van der Waals surface area contributed by atoms with Crippen LogP contribution in [0.5, 0.6) is 0 Å². The van der Waals surface area contributed by atoms with Crippen LogP contribution in [-0.4, -0.2) is 18.3 Å². The van der Waals surface area contributed by atoms with Gasteiger partial charge in [0.15, 0.2) is 0 Å². The van der Waals surface area contributed by atoms with E-state index in [1.807, 2.05) is 0 Å². The number of hydrogen-bond donors (Lipinski definition) is 0. The molecule has 0 aliphatic rings. The molecule has 1 nitrogen and oxygen atoms in total. The normalized spacial score (nSPS) is 15.2. The Hall–Kier alpha value is -2.18. The van der Waals surface area contributed by atoms with Gasteiger partial charge in [-0.25, -0.2) is 4.39 Å². The lowest BCUT2D eigenvalue weighted by Crippen LogP contribution is -2.60. The zero-order valence-corrected chi connectivity index (χ0v) is 17.0. The summed E-state index contributed by atoms with van der Waals surface area (Å²) in [5.41, 5.74) is -13.6. The van der Waals surface area contributed by atoms with Gasteiger partial charge in [-0.05, 0) is 52.4 Å². The molecule has 0 aliphatic carbocycles. The highest BCUT2D eigenvalue weighted by Crippen LogP contribution is 2.60. The maximum Gasteiger partial charge on any atom is 0.457 e. The molecular weight excluding hydrogens is 585 g/mol. The van der Waals surface area contributed by atoms with E-state index in [0.29, 0.717) is 6.07 Å². The molecule has 14 heteroatoms. The lowest BCUT2D eigenvalue weighted by Gasteiger charge is -2.37. The molecule has 0 saturated carbocycles. The zero-order chi connectivity index (χ0) is 24.9. The molecule has 0 spiro atoms. The molecule has 1 unspecified atom stereocenters. The Balaban J connectivity index is 3.13. The van der Waals surface area contributed by atoms with Gasteiger partial charge in [-0.15, -0.1) is 0 Å². The molecule has 2 rings (SSSR count). The Labute approximate surface area is 184 Å². The molecule has 0 heterocycles. The zero-order valence-electron chi connectivity index (χ0n) is 14.8. The van der Waals surface area contributed by atoms with E-state index in [1.54, 1.807) is 0 Å². The van der Waals surface area contributed by atoms with Crippen LogP contribution in [0, 0.1) is 14.9 Å². The smallest absolute Gasteiger partial charge is 0.221 e. The molecule has 0 fully saturated rings. The fraction of sp³-hybridized carbons (Fsp3) is 0.278. The number of benzene rings is 2. The van der Waals surface area contributed by atoms with Crippen LogP contribution in [0.15, 0.2) is 36.4 Å². The second-order valence-corrected chi connectivity index (χ2v) is 7.46. The largest absolute Gasteiger partial charge is 0.457 e. The van der Waals surface area contributed by atoms with E-state index in [0.717, 1.165) is 40.8 Å². The van der Waals surface area contributed by atoms with Crippen molar-refractivity contribution in [3.8, 4) is 17.2 Å². The lowest BCUT2D eigenvalue weighted by atomic mass is 9.81. The monoisotopic (exact) mass is 591 g/mol. The molecule has 0 saturated heterocycles. The third-order valence-electron chi connectivity index (χ3n) is 4.25. The first-order chi connectivity index (χ1) is 14.3. The summed E-state index contributed by atoms with van der Waals surface area (Å²) in [5.74, 6) is -7.17. The van der Waals surface area contributed by atoms with Gasteiger partial charge in [0.2, 0.25) is 0 Å². The van der Waals surface area contributed by atoms with Crippen molar-refractivity contribution in [1.82, 2.24) is 0 Å². The van der Waals surface area contributed by atoms with Crippen LogP contribution in [0.3, 0.4) is 0 Å². The fourth-order valence-corrected chi connectivity index (χ4v) is 3.71. The van der Waals surface area contributed by atoms with Crippen molar-refractivity contribution in [1.29, 1.82) is 5.26 Å². The molecule has 32 heavy (non-hydrogen) atoms. The molecule has 0 N–H and O–H groups in total. The van der Waals surface area contributed by atoms with Crippen molar-refractivity contribution in [2.45, 2.75) is 30.1 Å². The van der Waals surface area contributed by atoms with Crippen molar-refractivity contribution in [2.75, 3.05) is 0 Å². The number of rotatable bonds is 3. The van der Waals surface area contributed by atoms with Crippen LogP contribution in [-0.2, 0) is 11.8 Å². The van der Waals surface area contributed by atoms with Crippen molar-refractivity contribution in [2.24, 2.45) is 0 Å². The summed E-state index contributed by atoms with van der Waals surface area (Å²) >= 11 is 0.953. The summed E-state index contributed by atoms with van der Waals surface area (Å²) in [4.78, 5) is 0. The quantitative estimate of drug-likeness (QED) is 0.265. The Bertz CT molecular complexity index is 1060. The second-order valence-electron chi connectivity index (χ2n) is 6.30. The summed E-state index contributed by atoms with van der Waals surface area (Å²) in [5, 5.41) is 8.90. The molecule has 0 bridgehead atoms. The molecule has 0 aliphatic heterocycles. The van der Waals surface area contributed by atoms with Gasteiger partial charge in [0.1, 0.15) is 0 Å². The van der Waals surface area contributed by atoms with E-state index in [9.17, 15) is 48.3 Å². The molecule has 0 amide bonds. The molecular formula is C18H6F12IN. The second kappa shape index (κ2) is 7.99. The van der Waals surface area contributed by atoms with Crippen LogP contribution >= 0.6 is 22.6 Å². The van der Waals surface area contributed by atoms with Crippen LogP contribution in [0.2, 0.25) is 0 Å². The van der Waals surface area contributed by atoms with Crippen LogP contribution in [0.1, 0.15) is 16.7 Å². The van der Waals surface area contributed by atoms with E-state index >= 15 is 4.39 Å². The van der Waals surface area contributed by atoms with E-state index < -0.39 is 62.0 Å². The van der Waals surface area contributed by atoms with Gasteiger partial charge in [-0.3, -0.25) is 0 Å². The minimum Gasteiger partial charge on any atom is -0.221 e. The number of alkyl halides is 12. The summed E-state index contributed by atoms with van der Waals surface area (Å²) in [7, 11) is 0. The van der Waals surface area contributed by atoms with E-state index in [2.05, 4.69) is 0 Å². The van der Waals surface area contributed by atoms with Crippen LogP contribution in [0.4, 0.5) is 52.7 Å². The molecule has 2 aromatic rings. The van der Waals surface area contributed by atoms with E-state index in [-0.39, 0.29) is 11.6 Å². The standard InChI is InChI=1S/C18H6F12IN/c19-14(17(25,26)27,16(23,24)18(28,29)30)11-5-10(15(20,21)22)6-12(31)13(11)9-3-1-2-8(4-9)7-32/h1-6H. The Kier molecular flexibility index (Phi) is 6.51. The number of halogens is 13. The number of nitriles is 1. The first kappa shape index (κ1) is 26.1. The molecule has 2 aromatic carbocycles. The highest BCUT2D eigenvalue weighted by molar-refractivity contribution is 14.1. The van der Waals surface area contributed by atoms with Gasteiger partial charge in [-0.1, -0.05) is 12.1 Å². The molecule has 0 radical (unpaired) electrons. The van der Waals surface area contributed by atoms with Crippen LogP contribution < -0.4 is 0 Å². The van der Waals surface area contributed by atoms with Crippen molar-refractivity contribution >= 4 is 22.6 Å². The van der Waals surface area contributed by atoms with E-state index in [4.69, 9.17) is 5.26 Å². The number of nitrogens with zero attached hydrogens (tertiary/aromatic N) is 1. The molecule has 174 valence electrons. The molecule has 1 atom stereocenters. The highest BCUT2D eigenvalue weighted by Gasteiger charge is 2.82. The molecule has 0 aromatic heterocycles. The fourth-order valence-electron chi connectivity index (χ4n) is 2.77. The average molecular weight is 591 g/mol. The maximum absolute atomic E-state index is 15.2. The van der Waals surface area contributed by atoms with E-state index in [1.165, 1.54) is 6.07 Å². The average Bonchev–Trinajstić information content (AvgIpc) is 2.64. The number of hydrogen-bond acceptors (Lipinski definition) is 1. The minimum absolute atomic E-state index is 0.154. The van der Waals surface area contributed by atoms with Gasteiger partial charge in [-0.2, -0.15) is 53.6 Å². The van der Waals surface area contributed by atoms with Crippen molar-refractivity contribution in [3.05, 3.63) is 56.7 Å². The predicted octanol–water partition coefficient (Wildman–Crippen LogP) is 7.77. The first-order valence-electron chi connectivity index (χ1n) is 7.91. The van der Waals surface area contributed by atoms with Gasteiger partial charge >= 0.3 is 30.1 Å². The van der Waals surface area contributed by atoms with Gasteiger partial charge in [0.05, 0.1) is 17.2 Å². The summed E-state index contributed by atoms with van der Waals surface area (Å²) in [6.45, 7) is 0. The predicted molar refractivity (Wildman–Crippen MR) is 94.2 cm³/mol. The van der Waals surface area contributed by atoms with Gasteiger partial charge < -0.3 is 0 Å². The third kappa shape index (κ3) is 4.23. The Morgan fingerprint density at radius 3 is 1.75 bits per heavy atom. The maximum atomic E-state index is 15.2. The topological polar surface area (TPSA) is 23.8 Å². The lowest BCUT2D eigenvalue weighted by molar-refractivity contribution is -0.389. The van der Waals surface area contributed by atoms with Crippen molar-refractivity contribution < 1.29 is 52.7 Å². The van der Waals surface area contributed by atoms with Gasteiger partial charge in [0, 0.05) is 14.7 Å². The SMILES string of the molecule is N#Cc1cccc(-c2c(I)cc(C(F)(F)F)cc2C(F)(C(F)(F)F)C(F)(F)C(F)(F)F)c1. The van der Waals surface area contributed by atoms with Crippen molar-refractivity contribution in [3.63, 3.8) is 0 Å². The Morgan fingerprint density at radius 1 is 0.750 bits per heavy atom. The summed E-state index contributed by atoms with van der Waals surface area (Å²) in [6.07, 6.45) is -19.6. The summed E-state index contributed by atoms with van der Waals surface area (Å²) < 4.78 is 161. The summed E-state index contributed by atoms with van der Waals surface area (Å²) in [6, 6.07) is 4.49.